The number of hydrogen-bond acceptors (Lipinski definition) is 3. The number of hydrogen-bond donors (Lipinski definition) is 1. The zero-order valence-electron chi connectivity index (χ0n) is 10.1. The first-order chi connectivity index (χ1) is 8.60. The largest absolute Gasteiger partial charge is 0.478 e. The molecule has 18 heavy (non-hydrogen) atoms. The number of carbonyl (C=O) groups excluding carboxylic acids is 1. The maximum atomic E-state index is 11.6. The van der Waals surface area contributed by atoms with Crippen LogP contribution in [0.15, 0.2) is 18.2 Å². The van der Waals surface area contributed by atoms with Gasteiger partial charge in [-0.3, -0.25) is 0 Å². The Morgan fingerprint density at radius 2 is 2.11 bits per heavy atom. The zero-order valence-corrected chi connectivity index (χ0v) is 10.9. The van der Waals surface area contributed by atoms with Gasteiger partial charge in [0, 0.05) is 5.88 Å². The van der Waals surface area contributed by atoms with E-state index in [0.717, 1.165) is 0 Å². The highest BCUT2D eigenvalue weighted by Crippen LogP contribution is 2.15. The van der Waals surface area contributed by atoms with Crippen molar-refractivity contribution in [2.75, 3.05) is 12.5 Å². The molecule has 1 N–H and O–H groups in total. The van der Waals surface area contributed by atoms with Crippen molar-refractivity contribution >= 4 is 23.5 Å². The normalized spacial score (nSPS) is 10.1. The van der Waals surface area contributed by atoms with Gasteiger partial charge in [-0.15, -0.1) is 11.6 Å². The molecule has 0 heterocycles. The van der Waals surface area contributed by atoms with E-state index in [4.69, 9.17) is 21.4 Å². The molecular formula is C13H15ClO4. The van der Waals surface area contributed by atoms with Crippen LogP contribution in [0.25, 0.3) is 0 Å². The third-order valence-electron chi connectivity index (χ3n) is 2.43. The lowest BCUT2D eigenvalue weighted by Crippen LogP contribution is -2.09. The van der Waals surface area contributed by atoms with Crippen LogP contribution in [0.4, 0.5) is 0 Å². The number of aromatic carboxylic acids is 1. The van der Waals surface area contributed by atoms with Crippen molar-refractivity contribution in [2.45, 2.75) is 19.8 Å². The molecule has 98 valence electrons. The van der Waals surface area contributed by atoms with Crippen molar-refractivity contribution in [3.8, 4) is 0 Å². The molecule has 4 nitrogen and oxygen atoms in total. The second kappa shape index (κ2) is 7.01. The minimum Gasteiger partial charge on any atom is -0.478 e. The van der Waals surface area contributed by atoms with E-state index in [1.54, 1.807) is 13.0 Å². The van der Waals surface area contributed by atoms with Gasteiger partial charge in [-0.05, 0) is 43.5 Å². The standard InChI is InChI=1S/C13H15ClO4/c1-2-18-13(17)10-5-6-11(12(15)16)9(8-10)4-3-7-14/h5-6,8H,2-4,7H2,1H3,(H,15,16). The number of rotatable bonds is 6. The summed E-state index contributed by atoms with van der Waals surface area (Å²) in [4.78, 5) is 22.6. The number of aryl methyl sites for hydroxylation is 1. The van der Waals surface area contributed by atoms with Crippen molar-refractivity contribution in [2.24, 2.45) is 0 Å². The molecule has 0 radical (unpaired) electrons. The Morgan fingerprint density at radius 3 is 2.67 bits per heavy atom. The Hall–Kier alpha value is -1.55. The van der Waals surface area contributed by atoms with Crippen molar-refractivity contribution in [1.29, 1.82) is 0 Å². The van der Waals surface area contributed by atoms with Gasteiger partial charge in [-0.1, -0.05) is 0 Å². The highest BCUT2D eigenvalue weighted by molar-refractivity contribution is 6.17. The summed E-state index contributed by atoms with van der Waals surface area (Å²) in [5, 5.41) is 9.05. The number of ether oxygens (including phenoxy) is 1. The monoisotopic (exact) mass is 270 g/mol. The molecule has 0 saturated heterocycles. The van der Waals surface area contributed by atoms with Crippen LogP contribution in [0, 0.1) is 0 Å². The third-order valence-corrected chi connectivity index (χ3v) is 2.69. The molecule has 0 fully saturated rings. The molecule has 0 aliphatic carbocycles. The van der Waals surface area contributed by atoms with Crippen molar-refractivity contribution in [3.63, 3.8) is 0 Å². The molecule has 1 aromatic carbocycles. The number of carbonyl (C=O) groups is 2. The second-order valence-electron chi connectivity index (χ2n) is 3.69. The first-order valence-corrected chi connectivity index (χ1v) is 6.23. The molecule has 1 aromatic rings. The van der Waals surface area contributed by atoms with Crippen LogP contribution in [0.3, 0.4) is 0 Å². The predicted molar refractivity (Wildman–Crippen MR) is 68.4 cm³/mol. The van der Waals surface area contributed by atoms with Crippen molar-refractivity contribution < 1.29 is 19.4 Å². The Bertz CT molecular complexity index is 443. The summed E-state index contributed by atoms with van der Waals surface area (Å²) in [5.41, 5.74) is 1.17. The summed E-state index contributed by atoms with van der Waals surface area (Å²) in [6, 6.07) is 4.46. The Balaban J connectivity index is 3.04. The van der Waals surface area contributed by atoms with Gasteiger partial charge in [0.25, 0.3) is 0 Å². The number of alkyl halides is 1. The number of benzene rings is 1. The topological polar surface area (TPSA) is 63.6 Å². The van der Waals surface area contributed by atoms with E-state index in [9.17, 15) is 9.59 Å². The van der Waals surface area contributed by atoms with E-state index in [-0.39, 0.29) is 12.2 Å². The van der Waals surface area contributed by atoms with E-state index in [1.165, 1.54) is 12.1 Å². The maximum absolute atomic E-state index is 11.6. The molecule has 0 saturated carbocycles. The van der Waals surface area contributed by atoms with E-state index >= 15 is 0 Å². The average Bonchev–Trinajstić information content (AvgIpc) is 2.36. The van der Waals surface area contributed by atoms with Crippen LogP contribution in [-0.2, 0) is 11.2 Å². The van der Waals surface area contributed by atoms with Crippen LogP contribution < -0.4 is 0 Å². The molecule has 1 rings (SSSR count). The van der Waals surface area contributed by atoms with Gasteiger partial charge in [0.15, 0.2) is 0 Å². The van der Waals surface area contributed by atoms with Crippen molar-refractivity contribution in [3.05, 3.63) is 34.9 Å². The van der Waals surface area contributed by atoms with Gasteiger partial charge >= 0.3 is 11.9 Å². The highest BCUT2D eigenvalue weighted by atomic mass is 35.5. The first-order valence-electron chi connectivity index (χ1n) is 5.69. The summed E-state index contributed by atoms with van der Waals surface area (Å²) < 4.78 is 4.88. The summed E-state index contributed by atoms with van der Waals surface area (Å²) in [7, 11) is 0. The molecule has 5 heteroatoms. The zero-order chi connectivity index (χ0) is 13.5. The Morgan fingerprint density at radius 1 is 1.39 bits per heavy atom. The summed E-state index contributed by atoms with van der Waals surface area (Å²) in [6.07, 6.45) is 1.19. The third kappa shape index (κ3) is 3.74. The Kier molecular flexibility index (Phi) is 5.65. The van der Waals surface area contributed by atoms with Crippen LogP contribution in [0.2, 0.25) is 0 Å². The fourth-order valence-corrected chi connectivity index (χ4v) is 1.74. The predicted octanol–water partition coefficient (Wildman–Crippen LogP) is 2.73. The smallest absolute Gasteiger partial charge is 0.338 e. The number of carboxylic acids is 1. The second-order valence-corrected chi connectivity index (χ2v) is 4.07. The van der Waals surface area contributed by atoms with Crippen LogP contribution in [0.1, 0.15) is 39.6 Å². The van der Waals surface area contributed by atoms with Gasteiger partial charge in [-0.2, -0.15) is 0 Å². The molecule has 0 aromatic heterocycles. The Labute approximate surface area is 111 Å². The van der Waals surface area contributed by atoms with E-state index < -0.39 is 11.9 Å². The van der Waals surface area contributed by atoms with Crippen LogP contribution >= 0.6 is 11.6 Å². The fraction of sp³-hybridized carbons (Fsp3) is 0.385. The molecule has 0 unspecified atom stereocenters. The number of esters is 1. The molecule has 0 aliphatic heterocycles. The fourth-order valence-electron chi connectivity index (χ4n) is 1.61. The average molecular weight is 271 g/mol. The summed E-state index contributed by atoms with van der Waals surface area (Å²) in [5.74, 6) is -1.00. The minimum absolute atomic E-state index is 0.202. The highest BCUT2D eigenvalue weighted by Gasteiger charge is 2.14. The lowest BCUT2D eigenvalue weighted by molar-refractivity contribution is 0.0525. The van der Waals surface area contributed by atoms with Crippen LogP contribution in [0.5, 0.6) is 0 Å². The summed E-state index contributed by atoms with van der Waals surface area (Å²) in [6.45, 7) is 2.01. The van der Waals surface area contributed by atoms with E-state index in [2.05, 4.69) is 0 Å². The van der Waals surface area contributed by atoms with Crippen LogP contribution in [-0.4, -0.2) is 29.5 Å². The maximum Gasteiger partial charge on any atom is 0.338 e. The van der Waals surface area contributed by atoms with Gasteiger partial charge in [0.1, 0.15) is 0 Å². The quantitative estimate of drug-likeness (QED) is 0.638. The first kappa shape index (κ1) is 14.5. The number of carboxylic acid groups (broad SMARTS) is 1. The van der Waals surface area contributed by atoms with E-state index in [1.807, 2.05) is 0 Å². The minimum atomic E-state index is -1.00. The van der Waals surface area contributed by atoms with Gasteiger partial charge in [-0.25, -0.2) is 9.59 Å². The molecule has 0 bridgehead atoms. The van der Waals surface area contributed by atoms with Gasteiger partial charge in [0.2, 0.25) is 0 Å². The molecule has 0 atom stereocenters. The molecule has 0 aliphatic rings. The van der Waals surface area contributed by atoms with Crippen molar-refractivity contribution in [1.82, 2.24) is 0 Å². The lowest BCUT2D eigenvalue weighted by Gasteiger charge is -2.08. The van der Waals surface area contributed by atoms with Gasteiger partial charge < -0.3 is 9.84 Å². The molecular weight excluding hydrogens is 256 g/mol. The SMILES string of the molecule is CCOC(=O)c1ccc(C(=O)O)c(CCCCl)c1. The lowest BCUT2D eigenvalue weighted by atomic mass is 10.00. The van der Waals surface area contributed by atoms with Gasteiger partial charge in [0.05, 0.1) is 17.7 Å². The van der Waals surface area contributed by atoms with E-state index in [0.29, 0.717) is 29.8 Å². The summed E-state index contributed by atoms with van der Waals surface area (Å²) >= 11 is 5.60. The molecule has 0 amide bonds. The molecule has 0 spiro atoms. The number of halogens is 1.